The normalized spacial score (nSPS) is 25.7. The van der Waals surface area contributed by atoms with Gasteiger partial charge in [0.2, 0.25) is 0 Å². The summed E-state index contributed by atoms with van der Waals surface area (Å²) in [5, 5.41) is 29.2. The van der Waals surface area contributed by atoms with E-state index in [0.29, 0.717) is 12.8 Å². The first-order chi connectivity index (χ1) is 12.3. The molecule has 1 aliphatic rings. The van der Waals surface area contributed by atoms with Gasteiger partial charge in [-0.25, -0.2) is 0 Å². The van der Waals surface area contributed by atoms with Crippen LogP contribution in [-0.4, -0.2) is 38.8 Å². The van der Waals surface area contributed by atoms with Crippen molar-refractivity contribution >= 4 is 11.8 Å². The second kappa shape index (κ2) is 11.5. The van der Waals surface area contributed by atoms with Gasteiger partial charge >= 0.3 is 5.97 Å². The highest BCUT2D eigenvalue weighted by Crippen LogP contribution is 2.34. The first-order valence-corrected chi connectivity index (χ1v) is 10.1. The first kappa shape index (κ1) is 22.8. The Morgan fingerprint density at radius 1 is 1.23 bits per heavy atom. The van der Waals surface area contributed by atoms with Crippen LogP contribution < -0.4 is 0 Å². The Balaban J connectivity index is 2.44. The second-order valence-electron chi connectivity index (χ2n) is 8.00. The van der Waals surface area contributed by atoms with Crippen molar-refractivity contribution in [2.75, 3.05) is 0 Å². The number of carbonyl (C=O) groups excluding carboxylic acids is 1. The summed E-state index contributed by atoms with van der Waals surface area (Å²) in [6.45, 7) is 3.93. The van der Waals surface area contributed by atoms with Gasteiger partial charge in [-0.3, -0.25) is 9.59 Å². The molecule has 0 radical (unpaired) electrons. The highest BCUT2D eigenvalue weighted by atomic mass is 16.4. The summed E-state index contributed by atoms with van der Waals surface area (Å²) in [7, 11) is 0. The van der Waals surface area contributed by atoms with Gasteiger partial charge in [-0.05, 0) is 32.6 Å². The number of hydrogen-bond acceptors (Lipinski definition) is 4. The number of unbranched alkanes of at least 4 members (excludes halogenated alkanes) is 4. The summed E-state index contributed by atoms with van der Waals surface area (Å²) >= 11 is 0. The van der Waals surface area contributed by atoms with Crippen LogP contribution in [0.3, 0.4) is 0 Å². The lowest BCUT2D eigenvalue weighted by molar-refractivity contribution is -0.137. The molecule has 0 bridgehead atoms. The van der Waals surface area contributed by atoms with Crippen molar-refractivity contribution in [1.29, 1.82) is 0 Å². The van der Waals surface area contributed by atoms with Gasteiger partial charge in [0.25, 0.3) is 0 Å². The summed E-state index contributed by atoms with van der Waals surface area (Å²) < 4.78 is 0. The van der Waals surface area contributed by atoms with E-state index in [9.17, 15) is 19.8 Å². The average Bonchev–Trinajstić information content (AvgIpc) is 2.82. The lowest BCUT2D eigenvalue weighted by atomic mass is 9.87. The molecule has 150 valence electrons. The minimum absolute atomic E-state index is 0.121. The molecule has 4 atom stereocenters. The smallest absolute Gasteiger partial charge is 0.303 e. The fourth-order valence-corrected chi connectivity index (χ4v) is 3.72. The molecular weight excluding hydrogens is 332 g/mol. The molecule has 1 saturated carbocycles. The lowest BCUT2D eigenvalue weighted by Crippen LogP contribution is -2.23. The third-order valence-corrected chi connectivity index (χ3v) is 5.37. The molecule has 3 N–H and O–H groups in total. The van der Waals surface area contributed by atoms with E-state index in [0.717, 1.165) is 44.9 Å². The Morgan fingerprint density at radius 3 is 2.58 bits per heavy atom. The van der Waals surface area contributed by atoms with E-state index in [1.807, 2.05) is 19.1 Å². The van der Waals surface area contributed by atoms with Crippen LogP contribution in [0.1, 0.15) is 84.5 Å². The minimum Gasteiger partial charge on any atom is -0.481 e. The second-order valence-corrected chi connectivity index (χ2v) is 8.00. The monoisotopic (exact) mass is 368 g/mol. The van der Waals surface area contributed by atoms with Crippen LogP contribution in [0, 0.1) is 11.8 Å². The van der Waals surface area contributed by atoms with E-state index in [2.05, 4.69) is 6.92 Å². The zero-order valence-corrected chi connectivity index (χ0v) is 16.3. The Hall–Kier alpha value is -1.20. The molecular formula is C21H36O5. The fraction of sp³-hybridized carbons (Fsp3) is 0.810. The van der Waals surface area contributed by atoms with Crippen LogP contribution in [0.2, 0.25) is 0 Å². The predicted octanol–water partition coefficient (Wildman–Crippen LogP) is 3.87. The van der Waals surface area contributed by atoms with Gasteiger partial charge in [0.15, 0.2) is 0 Å². The standard InChI is InChI=1S/C21H36O5/c1-3-4-13-21(2,26)14-9-11-17-16(18(22)15-19(17)23)10-7-5-6-8-12-20(24)25/h9,11,16-17,19,23,26H,3-8,10,12-15H2,1-2H3,(H,24,25)/b11-9+. The van der Waals surface area contributed by atoms with Gasteiger partial charge in [0.1, 0.15) is 5.78 Å². The lowest BCUT2D eigenvalue weighted by Gasteiger charge is -2.22. The van der Waals surface area contributed by atoms with Crippen molar-refractivity contribution in [3.05, 3.63) is 12.2 Å². The molecule has 0 saturated heterocycles. The molecule has 1 rings (SSSR count). The van der Waals surface area contributed by atoms with Crippen LogP contribution >= 0.6 is 0 Å². The molecule has 0 aromatic heterocycles. The van der Waals surface area contributed by atoms with Gasteiger partial charge in [-0.1, -0.05) is 51.2 Å². The number of rotatable bonds is 13. The quantitative estimate of drug-likeness (QED) is 0.339. The van der Waals surface area contributed by atoms with Crippen molar-refractivity contribution in [2.45, 2.75) is 96.2 Å². The third kappa shape index (κ3) is 8.45. The molecule has 5 nitrogen and oxygen atoms in total. The van der Waals surface area contributed by atoms with E-state index >= 15 is 0 Å². The summed E-state index contributed by atoms with van der Waals surface area (Å²) in [4.78, 5) is 22.7. The van der Waals surface area contributed by atoms with E-state index in [1.165, 1.54) is 0 Å². The van der Waals surface area contributed by atoms with Crippen LogP contribution in [0.5, 0.6) is 0 Å². The molecule has 0 amide bonds. The number of Topliss-reactive ketones (excluding diaryl/α,β-unsaturated/α-hetero) is 1. The summed E-state index contributed by atoms with van der Waals surface area (Å²) in [6, 6.07) is 0. The number of hydrogen-bond donors (Lipinski definition) is 3. The number of carboxylic acid groups (broad SMARTS) is 1. The van der Waals surface area contributed by atoms with Crippen molar-refractivity contribution in [3.63, 3.8) is 0 Å². The maximum atomic E-state index is 12.2. The zero-order valence-electron chi connectivity index (χ0n) is 16.3. The molecule has 0 aromatic rings. The van der Waals surface area contributed by atoms with Crippen molar-refractivity contribution in [1.82, 2.24) is 0 Å². The minimum atomic E-state index is -0.765. The van der Waals surface area contributed by atoms with Crippen LogP contribution in [0.15, 0.2) is 12.2 Å². The van der Waals surface area contributed by atoms with Crippen molar-refractivity contribution in [2.24, 2.45) is 11.8 Å². The van der Waals surface area contributed by atoms with E-state index < -0.39 is 17.7 Å². The van der Waals surface area contributed by atoms with Gasteiger partial charge in [0, 0.05) is 24.7 Å². The Bertz CT molecular complexity index is 469. The number of aliphatic carboxylic acids is 1. The van der Waals surface area contributed by atoms with Crippen LogP contribution in [0.4, 0.5) is 0 Å². The Kier molecular flexibility index (Phi) is 10.1. The SMILES string of the molecule is CCCCC(C)(O)C/C=C/C1C(O)CC(=O)C1CCCCCCC(=O)O. The van der Waals surface area contributed by atoms with Crippen LogP contribution in [-0.2, 0) is 9.59 Å². The fourth-order valence-electron chi connectivity index (χ4n) is 3.72. The van der Waals surface area contributed by atoms with Gasteiger partial charge in [0.05, 0.1) is 11.7 Å². The number of aliphatic hydroxyl groups excluding tert-OH is 1. The van der Waals surface area contributed by atoms with Gasteiger partial charge in [-0.15, -0.1) is 0 Å². The molecule has 0 spiro atoms. The molecule has 4 unspecified atom stereocenters. The molecule has 5 heteroatoms. The first-order valence-electron chi connectivity index (χ1n) is 10.1. The number of ketones is 1. The van der Waals surface area contributed by atoms with Crippen LogP contribution in [0.25, 0.3) is 0 Å². The Labute approximate surface area is 157 Å². The van der Waals surface area contributed by atoms with E-state index in [1.54, 1.807) is 0 Å². The van der Waals surface area contributed by atoms with Crippen molar-refractivity contribution < 1.29 is 24.9 Å². The molecule has 1 fully saturated rings. The van der Waals surface area contributed by atoms with Gasteiger partial charge in [-0.2, -0.15) is 0 Å². The molecule has 1 aliphatic carbocycles. The molecule has 26 heavy (non-hydrogen) atoms. The maximum absolute atomic E-state index is 12.2. The Morgan fingerprint density at radius 2 is 1.92 bits per heavy atom. The summed E-state index contributed by atoms with van der Waals surface area (Å²) in [6.07, 6.45) is 11.0. The highest BCUT2D eigenvalue weighted by molar-refractivity contribution is 5.84. The van der Waals surface area contributed by atoms with Crippen molar-refractivity contribution in [3.8, 4) is 0 Å². The molecule has 0 heterocycles. The molecule has 0 aromatic carbocycles. The van der Waals surface area contributed by atoms with E-state index in [4.69, 9.17) is 5.11 Å². The third-order valence-electron chi connectivity index (χ3n) is 5.37. The summed E-state index contributed by atoms with van der Waals surface area (Å²) in [5.74, 6) is -0.959. The summed E-state index contributed by atoms with van der Waals surface area (Å²) in [5.41, 5.74) is -0.736. The number of aliphatic hydroxyl groups is 2. The number of carbonyl (C=O) groups is 2. The van der Waals surface area contributed by atoms with Gasteiger partial charge < -0.3 is 15.3 Å². The predicted molar refractivity (Wildman–Crippen MR) is 102 cm³/mol. The largest absolute Gasteiger partial charge is 0.481 e. The zero-order chi connectivity index (χ0) is 19.6. The average molecular weight is 369 g/mol. The molecule has 0 aliphatic heterocycles. The topological polar surface area (TPSA) is 94.8 Å². The van der Waals surface area contributed by atoms with E-state index in [-0.39, 0.29) is 30.5 Å². The number of carboxylic acids is 1. The maximum Gasteiger partial charge on any atom is 0.303 e. The highest BCUT2D eigenvalue weighted by Gasteiger charge is 2.39.